The van der Waals surface area contributed by atoms with Crippen molar-refractivity contribution in [1.82, 2.24) is 5.32 Å². The maximum atomic E-state index is 12.8. The third-order valence-corrected chi connectivity index (χ3v) is 3.96. The Morgan fingerprint density at radius 2 is 1.74 bits per heavy atom. The van der Waals surface area contributed by atoms with Crippen LogP contribution in [0.5, 0.6) is 17.2 Å². The number of rotatable bonds is 5. The third-order valence-electron chi connectivity index (χ3n) is 3.96. The monoisotopic (exact) mass is 425 g/mol. The second-order valence-electron chi connectivity index (χ2n) is 7.72. The Labute approximate surface area is 178 Å². The van der Waals surface area contributed by atoms with Gasteiger partial charge in [0, 0.05) is 6.07 Å². The molecule has 0 fully saturated rings. The first-order valence-electron chi connectivity index (χ1n) is 9.60. The number of carbonyl (C=O) groups is 2. The van der Waals surface area contributed by atoms with E-state index in [-0.39, 0.29) is 40.2 Å². The lowest BCUT2D eigenvalue weighted by Crippen LogP contribution is -2.36. The Balaban J connectivity index is 1.73. The fourth-order valence-corrected chi connectivity index (χ4v) is 2.68. The van der Waals surface area contributed by atoms with Crippen LogP contribution in [0.4, 0.5) is 4.79 Å². The fraction of sp³-hybridized carbons (Fsp3) is 0.261. The minimum Gasteiger partial charge on any atom is -0.457 e. The smallest absolute Gasteiger partial charge is 0.408 e. The molecule has 0 aliphatic rings. The van der Waals surface area contributed by atoms with Crippen LogP contribution in [0.3, 0.4) is 0 Å². The summed E-state index contributed by atoms with van der Waals surface area (Å²) in [5.74, 6) is 0.359. The second kappa shape index (κ2) is 8.91. The maximum absolute atomic E-state index is 12.8. The topological polar surface area (TPSA) is 104 Å². The summed E-state index contributed by atoms with van der Waals surface area (Å²) in [7, 11) is 0. The van der Waals surface area contributed by atoms with Gasteiger partial charge in [0.15, 0.2) is 0 Å². The van der Waals surface area contributed by atoms with Crippen molar-refractivity contribution in [3.63, 3.8) is 0 Å². The Morgan fingerprint density at radius 1 is 1.03 bits per heavy atom. The molecule has 8 heteroatoms. The molecule has 0 unspecified atom stereocenters. The molecule has 0 bridgehead atoms. The normalized spacial score (nSPS) is 11.1. The number of alkyl carbamates (subject to hydrolysis) is 1. The molecule has 3 aromatic rings. The molecule has 0 radical (unpaired) electrons. The highest BCUT2D eigenvalue weighted by atomic mass is 16.6. The van der Waals surface area contributed by atoms with E-state index in [0.29, 0.717) is 5.75 Å². The molecule has 1 heterocycles. The number of benzene rings is 2. The van der Waals surface area contributed by atoms with Gasteiger partial charge in [0.05, 0.1) is 5.39 Å². The van der Waals surface area contributed by atoms with E-state index in [4.69, 9.17) is 18.6 Å². The summed E-state index contributed by atoms with van der Waals surface area (Å²) in [6.07, 6.45) is -0.726. The van der Waals surface area contributed by atoms with Crippen LogP contribution in [-0.2, 0) is 9.53 Å². The summed E-state index contributed by atoms with van der Waals surface area (Å²) in [5.41, 5.74) is -0.773. The number of nitrogens with one attached hydrogen (secondary N) is 1. The van der Waals surface area contributed by atoms with Crippen LogP contribution in [0.2, 0.25) is 0 Å². The average Bonchev–Trinajstić information content (AvgIpc) is 2.69. The molecule has 0 saturated heterocycles. The number of para-hydroxylation sites is 1. The molecule has 0 saturated carbocycles. The largest absolute Gasteiger partial charge is 0.457 e. The number of hydrogen-bond acceptors (Lipinski definition) is 7. The minimum absolute atomic E-state index is 0.0880. The number of aryl methyl sites for hydroxylation is 1. The number of hydrogen-bond donors (Lipinski definition) is 1. The van der Waals surface area contributed by atoms with Crippen molar-refractivity contribution in [2.75, 3.05) is 6.54 Å². The van der Waals surface area contributed by atoms with Crippen molar-refractivity contribution in [3.8, 4) is 17.2 Å². The van der Waals surface area contributed by atoms with E-state index in [9.17, 15) is 14.4 Å². The Kier molecular flexibility index (Phi) is 6.29. The Bertz CT molecular complexity index is 1160. The van der Waals surface area contributed by atoms with E-state index in [2.05, 4.69) is 5.32 Å². The SMILES string of the molecule is Cc1oc2cc(OC(=O)CNC(=O)OC(C)(C)C)ccc2c(=O)c1Oc1ccccc1. The number of ether oxygens (including phenoxy) is 3. The lowest BCUT2D eigenvalue weighted by Gasteiger charge is -2.19. The summed E-state index contributed by atoms with van der Waals surface area (Å²) in [6.45, 7) is 6.38. The molecule has 1 aromatic heterocycles. The molecule has 1 amide bonds. The Hall–Kier alpha value is -3.81. The highest BCUT2D eigenvalue weighted by Gasteiger charge is 2.18. The molecule has 0 atom stereocenters. The highest BCUT2D eigenvalue weighted by Crippen LogP contribution is 2.27. The highest BCUT2D eigenvalue weighted by molar-refractivity contribution is 5.83. The van der Waals surface area contributed by atoms with Gasteiger partial charge in [-0.3, -0.25) is 4.79 Å². The number of esters is 1. The molecular formula is C23H23NO7. The van der Waals surface area contributed by atoms with E-state index in [0.717, 1.165) is 0 Å². The summed E-state index contributed by atoms with van der Waals surface area (Å²) in [4.78, 5) is 36.5. The van der Waals surface area contributed by atoms with Gasteiger partial charge in [0.2, 0.25) is 11.2 Å². The van der Waals surface area contributed by atoms with E-state index in [1.54, 1.807) is 52.0 Å². The zero-order chi connectivity index (χ0) is 22.6. The second-order valence-corrected chi connectivity index (χ2v) is 7.72. The molecule has 0 spiro atoms. The van der Waals surface area contributed by atoms with Crippen molar-refractivity contribution < 1.29 is 28.2 Å². The van der Waals surface area contributed by atoms with Gasteiger partial charge in [-0.2, -0.15) is 0 Å². The van der Waals surface area contributed by atoms with E-state index in [1.807, 2.05) is 6.07 Å². The molecule has 8 nitrogen and oxygen atoms in total. The molecule has 31 heavy (non-hydrogen) atoms. The van der Waals surface area contributed by atoms with Gasteiger partial charge in [-0.05, 0) is 52.0 Å². The molecule has 3 rings (SSSR count). The quantitative estimate of drug-likeness (QED) is 0.479. The summed E-state index contributed by atoms with van der Waals surface area (Å²) in [6, 6.07) is 13.3. The number of amides is 1. The standard InChI is InChI=1S/C23H23NO7/c1-14-21(30-15-8-6-5-7-9-15)20(26)17-11-10-16(12-18(17)28-14)29-19(25)13-24-22(27)31-23(2,3)4/h5-12H,13H2,1-4H3,(H,24,27). The van der Waals surface area contributed by atoms with Crippen molar-refractivity contribution >= 4 is 23.0 Å². The number of carbonyl (C=O) groups excluding carboxylic acids is 2. The zero-order valence-corrected chi connectivity index (χ0v) is 17.7. The van der Waals surface area contributed by atoms with E-state index in [1.165, 1.54) is 18.2 Å². The van der Waals surface area contributed by atoms with E-state index >= 15 is 0 Å². The van der Waals surface area contributed by atoms with Gasteiger partial charge in [-0.25, -0.2) is 9.59 Å². The van der Waals surface area contributed by atoms with Crippen LogP contribution in [0.1, 0.15) is 26.5 Å². The molecule has 2 aromatic carbocycles. The summed E-state index contributed by atoms with van der Waals surface area (Å²) < 4.78 is 21.7. The fourth-order valence-electron chi connectivity index (χ4n) is 2.68. The third kappa shape index (κ3) is 5.85. The predicted molar refractivity (Wildman–Crippen MR) is 114 cm³/mol. The van der Waals surface area contributed by atoms with Crippen LogP contribution in [0.15, 0.2) is 57.7 Å². The molecule has 0 aliphatic heterocycles. The van der Waals surface area contributed by atoms with E-state index < -0.39 is 17.7 Å². The van der Waals surface area contributed by atoms with Crippen molar-refractivity contribution in [1.29, 1.82) is 0 Å². The van der Waals surface area contributed by atoms with Gasteiger partial charge >= 0.3 is 12.1 Å². The van der Waals surface area contributed by atoms with Crippen LogP contribution in [-0.4, -0.2) is 24.2 Å². The van der Waals surface area contributed by atoms with Gasteiger partial charge < -0.3 is 23.9 Å². The van der Waals surface area contributed by atoms with Crippen LogP contribution >= 0.6 is 0 Å². The maximum Gasteiger partial charge on any atom is 0.408 e. The molecule has 162 valence electrons. The summed E-state index contributed by atoms with van der Waals surface area (Å²) in [5, 5.41) is 2.60. The average molecular weight is 425 g/mol. The first-order valence-corrected chi connectivity index (χ1v) is 9.60. The van der Waals surface area contributed by atoms with Gasteiger partial charge in [0.25, 0.3) is 0 Å². The lowest BCUT2D eigenvalue weighted by molar-refractivity contribution is -0.133. The zero-order valence-electron chi connectivity index (χ0n) is 17.7. The van der Waals surface area contributed by atoms with Gasteiger partial charge in [0.1, 0.15) is 35.0 Å². The Morgan fingerprint density at radius 3 is 2.42 bits per heavy atom. The predicted octanol–water partition coefficient (Wildman–Crippen LogP) is 4.32. The van der Waals surface area contributed by atoms with Crippen LogP contribution in [0.25, 0.3) is 11.0 Å². The minimum atomic E-state index is -0.726. The van der Waals surface area contributed by atoms with Gasteiger partial charge in [-0.15, -0.1) is 0 Å². The van der Waals surface area contributed by atoms with Crippen LogP contribution in [0, 0.1) is 6.92 Å². The first-order chi connectivity index (χ1) is 14.6. The van der Waals surface area contributed by atoms with Gasteiger partial charge in [-0.1, -0.05) is 18.2 Å². The van der Waals surface area contributed by atoms with Crippen molar-refractivity contribution in [2.24, 2.45) is 0 Å². The lowest BCUT2D eigenvalue weighted by atomic mass is 10.2. The molecule has 0 aliphatic carbocycles. The first kappa shape index (κ1) is 21.9. The summed E-state index contributed by atoms with van der Waals surface area (Å²) >= 11 is 0. The number of fused-ring (bicyclic) bond motifs is 1. The van der Waals surface area contributed by atoms with Crippen molar-refractivity contribution in [3.05, 3.63) is 64.5 Å². The molecule has 1 N–H and O–H groups in total. The van der Waals surface area contributed by atoms with Crippen LogP contribution < -0.4 is 20.2 Å². The molecular weight excluding hydrogens is 402 g/mol. The van der Waals surface area contributed by atoms with Crippen molar-refractivity contribution in [2.45, 2.75) is 33.3 Å².